The standard InChI is InChI=1S/C30H41FO3/c1-19(32)34-23-14-16-29(2)21(18-23)7-10-24-25-11-12-27(30(25,3)17-15-26(24)29)28(33)13-6-20-4-8-22(31)9-5-20/h4-5,8-9,21,23-27H,6-7,10-18H2,1-3H3/t21-,23-,24-,25-,26-,27+,29-,30-/m0/s1. The minimum absolute atomic E-state index is 0.107. The van der Waals surface area contributed by atoms with Gasteiger partial charge in [-0.3, -0.25) is 9.59 Å². The van der Waals surface area contributed by atoms with Gasteiger partial charge in [0.05, 0.1) is 0 Å². The summed E-state index contributed by atoms with van der Waals surface area (Å²) >= 11 is 0. The molecule has 1 aromatic rings. The lowest BCUT2D eigenvalue weighted by Crippen LogP contribution is -2.54. The number of halogens is 1. The Morgan fingerprint density at radius 2 is 1.65 bits per heavy atom. The summed E-state index contributed by atoms with van der Waals surface area (Å²) in [7, 11) is 0. The van der Waals surface area contributed by atoms with Crippen LogP contribution in [-0.2, 0) is 20.7 Å². The first-order chi connectivity index (χ1) is 16.2. The monoisotopic (exact) mass is 468 g/mol. The Morgan fingerprint density at radius 3 is 2.38 bits per heavy atom. The predicted octanol–water partition coefficient (Wildman–Crippen LogP) is 6.92. The molecule has 0 heterocycles. The number of ketones is 1. The number of rotatable bonds is 5. The molecule has 8 atom stereocenters. The van der Waals surface area contributed by atoms with E-state index in [0.29, 0.717) is 35.9 Å². The summed E-state index contributed by atoms with van der Waals surface area (Å²) in [5.74, 6) is 3.05. The number of aryl methyl sites for hydroxylation is 1. The minimum Gasteiger partial charge on any atom is -0.463 e. The van der Waals surface area contributed by atoms with E-state index in [9.17, 15) is 14.0 Å². The summed E-state index contributed by atoms with van der Waals surface area (Å²) in [6.45, 7) is 6.49. The summed E-state index contributed by atoms with van der Waals surface area (Å²) < 4.78 is 18.8. The maximum absolute atomic E-state index is 13.4. The number of benzene rings is 1. The Kier molecular flexibility index (Phi) is 6.40. The van der Waals surface area contributed by atoms with Crippen molar-refractivity contribution < 1.29 is 18.7 Å². The van der Waals surface area contributed by atoms with Crippen LogP contribution in [-0.4, -0.2) is 17.9 Å². The van der Waals surface area contributed by atoms with Gasteiger partial charge in [0.2, 0.25) is 0 Å². The molecule has 186 valence electrons. The van der Waals surface area contributed by atoms with Crippen LogP contribution in [0.1, 0.15) is 90.5 Å². The second-order valence-electron chi connectivity index (χ2n) is 12.4. The van der Waals surface area contributed by atoms with Gasteiger partial charge in [-0.05, 0) is 116 Å². The van der Waals surface area contributed by atoms with Crippen LogP contribution < -0.4 is 0 Å². The summed E-state index contributed by atoms with van der Waals surface area (Å²) in [5, 5.41) is 0. The van der Waals surface area contributed by atoms with Gasteiger partial charge in [0.1, 0.15) is 17.7 Å². The van der Waals surface area contributed by atoms with Gasteiger partial charge >= 0.3 is 5.97 Å². The Hall–Kier alpha value is -1.71. The molecule has 4 aliphatic rings. The molecule has 34 heavy (non-hydrogen) atoms. The lowest BCUT2D eigenvalue weighted by atomic mass is 9.44. The van der Waals surface area contributed by atoms with Crippen LogP contribution in [0.15, 0.2) is 24.3 Å². The van der Waals surface area contributed by atoms with Crippen LogP contribution in [0.2, 0.25) is 0 Å². The van der Waals surface area contributed by atoms with E-state index in [1.807, 2.05) is 12.1 Å². The quantitative estimate of drug-likeness (QED) is 0.441. The van der Waals surface area contributed by atoms with Crippen LogP contribution in [0.5, 0.6) is 0 Å². The third kappa shape index (κ3) is 4.13. The number of hydrogen-bond donors (Lipinski definition) is 0. The maximum Gasteiger partial charge on any atom is 0.302 e. The van der Waals surface area contributed by atoms with Gasteiger partial charge in [-0.2, -0.15) is 0 Å². The van der Waals surface area contributed by atoms with Crippen molar-refractivity contribution in [3.63, 3.8) is 0 Å². The van der Waals surface area contributed by atoms with Crippen molar-refractivity contribution in [1.82, 2.24) is 0 Å². The zero-order valence-corrected chi connectivity index (χ0v) is 21.2. The topological polar surface area (TPSA) is 43.4 Å². The molecule has 0 N–H and O–H groups in total. The van der Waals surface area contributed by atoms with Crippen molar-refractivity contribution in [2.45, 2.75) is 97.5 Å². The highest BCUT2D eigenvalue weighted by Gasteiger charge is 2.61. The Balaban J connectivity index is 1.25. The average molecular weight is 469 g/mol. The third-order valence-electron chi connectivity index (χ3n) is 10.9. The van der Waals surface area contributed by atoms with E-state index < -0.39 is 0 Å². The second kappa shape index (κ2) is 9.06. The summed E-state index contributed by atoms with van der Waals surface area (Å²) in [6.07, 6.45) is 11.8. The summed E-state index contributed by atoms with van der Waals surface area (Å²) in [5.41, 5.74) is 1.54. The number of carbonyl (C=O) groups excluding carboxylic acids is 2. The molecule has 4 heteroatoms. The Bertz CT molecular complexity index is 925. The van der Waals surface area contributed by atoms with Gasteiger partial charge in [0, 0.05) is 19.3 Å². The first-order valence-electron chi connectivity index (χ1n) is 13.6. The van der Waals surface area contributed by atoms with Gasteiger partial charge in [0.25, 0.3) is 0 Å². The zero-order chi connectivity index (χ0) is 24.1. The normalized spacial score (nSPS) is 41.2. The molecule has 1 aromatic carbocycles. The molecule has 4 fully saturated rings. The fraction of sp³-hybridized carbons (Fsp3) is 0.733. The smallest absolute Gasteiger partial charge is 0.302 e. The van der Waals surface area contributed by atoms with E-state index >= 15 is 0 Å². The molecular formula is C30H41FO3. The first-order valence-corrected chi connectivity index (χ1v) is 13.6. The largest absolute Gasteiger partial charge is 0.463 e. The van der Waals surface area contributed by atoms with Gasteiger partial charge in [0.15, 0.2) is 0 Å². The lowest BCUT2D eigenvalue weighted by molar-refractivity contribution is -0.161. The van der Waals surface area contributed by atoms with Crippen molar-refractivity contribution in [1.29, 1.82) is 0 Å². The molecule has 0 radical (unpaired) electrons. The highest BCUT2D eigenvalue weighted by atomic mass is 19.1. The molecule has 4 aliphatic carbocycles. The molecule has 5 rings (SSSR count). The van der Waals surface area contributed by atoms with E-state index in [2.05, 4.69) is 13.8 Å². The fourth-order valence-corrected chi connectivity index (χ4v) is 9.18. The zero-order valence-electron chi connectivity index (χ0n) is 21.2. The Labute approximate surface area is 204 Å². The van der Waals surface area contributed by atoms with Crippen molar-refractivity contribution in [3.05, 3.63) is 35.6 Å². The van der Waals surface area contributed by atoms with Crippen LogP contribution in [0.25, 0.3) is 0 Å². The van der Waals surface area contributed by atoms with E-state index in [1.165, 1.54) is 57.6 Å². The number of carbonyl (C=O) groups is 2. The van der Waals surface area contributed by atoms with Gasteiger partial charge in [-0.25, -0.2) is 4.39 Å². The van der Waals surface area contributed by atoms with Gasteiger partial charge in [-0.1, -0.05) is 26.0 Å². The highest BCUT2D eigenvalue weighted by molar-refractivity contribution is 5.82. The van der Waals surface area contributed by atoms with Crippen molar-refractivity contribution in [2.75, 3.05) is 0 Å². The van der Waals surface area contributed by atoms with E-state index in [0.717, 1.165) is 36.7 Å². The molecular weight excluding hydrogens is 427 g/mol. The molecule has 0 aliphatic heterocycles. The molecule has 0 aromatic heterocycles. The van der Waals surface area contributed by atoms with Gasteiger partial charge < -0.3 is 4.74 Å². The number of fused-ring (bicyclic) bond motifs is 5. The van der Waals surface area contributed by atoms with Crippen molar-refractivity contribution in [2.24, 2.45) is 40.4 Å². The van der Waals surface area contributed by atoms with Crippen LogP contribution in [0, 0.1) is 46.2 Å². The van der Waals surface area contributed by atoms with Crippen molar-refractivity contribution >= 4 is 11.8 Å². The average Bonchev–Trinajstić information content (AvgIpc) is 3.16. The lowest BCUT2D eigenvalue weighted by Gasteiger charge is -2.61. The molecule has 0 unspecified atom stereocenters. The van der Waals surface area contributed by atoms with Crippen molar-refractivity contribution in [3.8, 4) is 0 Å². The summed E-state index contributed by atoms with van der Waals surface area (Å²) in [4.78, 5) is 24.9. The minimum atomic E-state index is -0.221. The van der Waals surface area contributed by atoms with E-state index in [-0.39, 0.29) is 29.2 Å². The maximum atomic E-state index is 13.4. The Morgan fingerprint density at radius 1 is 0.941 bits per heavy atom. The number of ether oxygens (including phenoxy) is 1. The molecule has 0 amide bonds. The predicted molar refractivity (Wildman–Crippen MR) is 130 cm³/mol. The number of hydrogen-bond acceptors (Lipinski definition) is 3. The number of esters is 1. The third-order valence-corrected chi connectivity index (χ3v) is 10.9. The number of Topliss-reactive ketones (excluding diaryl/α,β-unsaturated/α-hetero) is 1. The highest BCUT2D eigenvalue weighted by Crippen LogP contribution is 2.67. The molecule has 3 nitrogen and oxygen atoms in total. The molecule has 0 saturated heterocycles. The van der Waals surface area contributed by atoms with Crippen LogP contribution in [0.3, 0.4) is 0 Å². The molecule has 0 spiro atoms. The fourth-order valence-electron chi connectivity index (χ4n) is 9.18. The molecule has 4 saturated carbocycles. The summed E-state index contributed by atoms with van der Waals surface area (Å²) in [6, 6.07) is 6.60. The van der Waals surface area contributed by atoms with E-state index in [4.69, 9.17) is 4.74 Å². The molecule has 0 bridgehead atoms. The van der Waals surface area contributed by atoms with Crippen LogP contribution >= 0.6 is 0 Å². The van der Waals surface area contributed by atoms with Gasteiger partial charge in [-0.15, -0.1) is 0 Å². The van der Waals surface area contributed by atoms with E-state index in [1.54, 1.807) is 0 Å². The van der Waals surface area contributed by atoms with Crippen LogP contribution in [0.4, 0.5) is 4.39 Å². The second-order valence-corrected chi connectivity index (χ2v) is 12.4. The first kappa shape index (κ1) is 24.0. The SMILES string of the molecule is CC(=O)O[C@H]1CC[C@@]2(C)[C@@H](CC[C@@H]3[C@@H]2CC[C@]2(C)[C@@H](C(=O)CCc4ccc(F)cc4)CC[C@@H]32)C1.